The molecule has 20 heavy (non-hydrogen) atoms. The number of hydrogen-bond donors (Lipinski definition) is 1. The Morgan fingerprint density at radius 3 is 2.35 bits per heavy atom. The minimum absolute atomic E-state index is 0.213. The van der Waals surface area contributed by atoms with Crippen LogP contribution in [0.15, 0.2) is 35.0 Å². The molecule has 3 heteroatoms. The highest BCUT2D eigenvalue weighted by molar-refractivity contribution is 7.08. The number of hydrogen-bond acceptors (Lipinski definition) is 3. The van der Waals surface area contributed by atoms with Crippen LogP contribution in [0.25, 0.3) is 0 Å². The first-order valence-electron chi connectivity index (χ1n) is 7.14. The second-order valence-electron chi connectivity index (χ2n) is 5.24. The van der Waals surface area contributed by atoms with E-state index in [1.165, 1.54) is 16.7 Å². The Morgan fingerprint density at radius 2 is 1.85 bits per heavy atom. The predicted octanol–water partition coefficient (Wildman–Crippen LogP) is 4.54. The molecule has 1 unspecified atom stereocenters. The fraction of sp³-hybridized carbons (Fsp3) is 0.412. The molecule has 0 spiro atoms. The molecule has 2 nitrogen and oxygen atoms in total. The quantitative estimate of drug-likeness (QED) is 0.843. The lowest BCUT2D eigenvalue weighted by atomic mass is 9.98. The first kappa shape index (κ1) is 15.1. The monoisotopic (exact) mass is 289 g/mol. The first-order valence-corrected chi connectivity index (χ1v) is 8.08. The topological polar surface area (TPSA) is 21.3 Å². The van der Waals surface area contributed by atoms with E-state index in [1.54, 1.807) is 11.3 Å². The summed E-state index contributed by atoms with van der Waals surface area (Å²) in [6, 6.07) is 8.69. The Hall–Kier alpha value is -1.32. The van der Waals surface area contributed by atoms with Crippen molar-refractivity contribution < 1.29 is 4.74 Å². The molecule has 0 aliphatic rings. The molecule has 0 radical (unpaired) electrons. The number of ether oxygens (including phenoxy) is 1. The van der Waals surface area contributed by atoms with Gasteiger partial charge < -0.3 is 10.1 Å². The van der Waals surface area contributed by atoms with Gasteiger partial charge >= 0.3 is 0 Å². The maximum absolute atomic E-state index is 5.70. The Bertz CT molecular complexity index is 530. The highest BCUT2D eigenvalue weighted by Crippen LogP contribution is 2.28. The van der Waals surface area contributed by atoms with Gasteiger partial charge in [-0.1, -0.05) is 19.1 Å². The summed E-state index contributed by atoms with van der Waals surface area (Å²) in [7, 11) is 0. The molecular weight excluding hydrogens is 266 g/mol. The van der Waals surface area contributed by atoms with Gasteiger partial charge in [0, 0.05) is 0 Å². The SMILES string of the molecule is CCNC(c1ccc(OC(C)C)cc1)c1cscc1C. The average molecular weight is 289 g/mol. The van der Waals surface area contributed by atoms with Gasteiger partial charge in [-0.25, -0.2) is 0 Å². The van der Waals surface area contributed by atoms with Gasteiger partial charge in [0.05, 0.1) is 12.1 Å². The molecule has 0 aliphatic heterocycles. The molecule has 108 valence electrons. The van der Waals surface area contributed by atoms with Crippen LogP contribution in [0.2, 0.25) is 0 Å². The lowest BCUT2D eigenvalue weighted by Crippen LogP contribution is -2.22. The molecule has 0 aliphatic carbocycles. The van der Waals surface area contributed by atoms with E-state index in [-0.39, 0.29) is 12.1 Å². The van der Waals surface area contributed by atoms with E-state index in [0.29, 0.717) is 0 Å². The third kappa shape index (κ3) is 3.62. The minimum atomic E-state index is 0.213. The van der Waals surface area contributed by atoms with Crippen molar-refractivity contribution in [3.8, 4) is 5.75 Å². The Labute approximate surface area is 125 Å². The zero-order valence-electron chi connectivity index (χ0n) is 12.6. The smallest absolute Gasteiger partial charge is 0.119 e. The van der Waals surface area contributed by atoms with Crippen LogP contribution < -0.4 is 10.1 Å². The Kier molecular flexibility index (Phi) is 5.21. The molecular formula is C17H23NOS. The van der Waals surface area contributed by atoms with Crippen LogP contribution in [0.1, 0.15) is 43.5 Å². The van der Waals surface area contributed by atoms with Gasteiger partial charge in [0.1, 0.15) is 5.75 Å². The van der Waals surface area contributed by atoms with Crippen molar-refractivity contribution in [2.75, 3.05) is 6.54 Å². The molecule has 2 aromatic rings. The third-order valence-electron chi connectivity index (χ3n) is 3.20. The lowest BCUT2D eigenvalue weighted by Gasteiger charge is -2.19. The van der Waals surface area contributed by atoms with E-state index in [9.17, 15) is 0 Å². The van der Waals surface area contributed by atoms with Crippen molar-refractivity contribution in [3.63, 3.8) is 0 Å². The van der Waals surface area contributed by atoms with Crippen LogP contribution in [-0.4, -0.2) is 12.6 Å². The summed E-state index contributed by atoms with van der Waals surface area (Å²) >= 11 is 1.76. The van der Waals surface area contributed by atoms with E-state index in [0.717, 1.165) is 12.3 Å². The summed E-state index contributed by atoms with van der Waals surface area (Å²) in [5.41, 5.74) is 4.00. The zero-order chi connectivity index (χ0) is 14.5. The molecule has 1 aromatic carbocycles. The van der Waals surface area contributed by atoms with Crippen molar-refractivity contribution in [3.05, 3.63) is 51.7 Å². The molecule has 0 saturated heterocycles. The van der Waals surface area contributed by atoms with Crippen LogP contribution >= 0.6 is 11.3 Å². The second kappa shape index (κ2) is 6.91. The number of rotatable bonds is 6. The average Bonchev–Trinajstić information content (AvgIpc) is 2.83. The minimum Gasteiger partial charge on any atom is -0.491 e. The maximum Gasteiger partial charge on any atom is 0.119 e. The normalized spacial score (nSPS) is 12.7. The van der Waals surface area contributed by atoms with Crippen LogP contribution in [0.5, 0.6) is 5.75 Å². The first-order chi connectivity index (χ1) is 9.61. The molecule has 0 fully saturated rings. The van der Waals surface area contributed by atoms with Crippen molar-refractivity contribution >= 4 is 11.3 Å². The molecule has 1 N–H and O–H groups in total. The number of aryl methyl sites for hydroxylation is 1. The van der Waals surface area contributed by atoms with Crippen LogP contribution in [-0.2, 0) is 0 Å². The van der Waals surface area contributed by atoms with E-state index < -0.39 is 0 Å². The summed E-state index contributed by atoms with van der Waals surface area (Å²) in [5, 5.41) is 8.01. The predicted molar refractivity (Wildman–Crippen MR) is 86.8 cm³/mol. The number of benzene rings is 1. The molecule has 0 amide bonds. The van der Waals surface area contributed by atoms with E-state index in [4.69, 9.17) is 4.74 Å². The molecule has 0 saturated carbocycles. The summed E-state index contributed by atoms with van der Waals surface area (Å²) < 4.78 is 5.70. The van der Waals surface area contributed by atoms with Crippen molar-refractivity contribution in [2.45, 2.75) is 39.8 Å². The van der Waals surface area contributed by atoms with Crippen LogP contribution in [0, 0.1) is 6.92 Å². The van der Waals surface area contributed by atoms with Gasteiger partial charge in [0.15, 0.2) is 0 Å². The molecule has 0 bridgehead atoms. The fourth-order valence-electron chi connectivity index (χ4n) is 2.29. The molecule has 2 rings (SSSR count). The Balaban J connectivity index is 2.24. The van der Waals surface area contributed by atoms with E-state index in [1.807, 2.05) is 13.8 Å². The zero-order valence-corrected chi connectivity index (χ0v) is 13.5. The lowest BCUT2D eigenvalue weighted by molar-refractivity contribution is 0.242. The molecule has 1 aromatic heterocycles. The van der Waals surface area contributed by atoms with E-state index >= 15 is 0 Å². The Morgan fingerprint density at radius 1 is 1.15 bits per heavy atom. The largest absolute Gasteiger partial charge is 0.491 e. The van der Waals surface area contributed by atoms with Gasteiger partial charge in [-0.3, -0.25) is 0 Å². The van der Waals surface area contributed by atoms with Crippen molar-refractivity contribution in [1.82, 2.24) is 5.32 Å². The summed E-state index contributed by atoms with van der Waals surface area (Å²) in [6.45, 7) is 9.36. The molecule has 1 heterocycles. The maximum atomic E-state index is 5.70. The fourth-order valence-corrected chi connectivity index (χ4v) is 3.17. The van der Waals surface area contributed by atoms with E-state index in [2.05, 4.69) is 54.2 Å². The summed E-state index contributed by atoms with van der Waals surface area (Å²) in [6.07, 6.45) is 0.213. The van der Waals surface area contributed by atoms with Crippen molar-refractivity contribution in [2.24, 2.45) is 0 Å². The number of thiophene rings is 1. The van der Waals surface area contributed by atoms with Gasteiger partial charge in [0.2, 0.25) is 0 Å². The van der Waals surface area contributed by atoms with Crippen molar-refractivity contribution in [1.29, 1.82) is 0 Å². The number of nitrogens with one attached hydrogen (secondary N) is 1. The van der Waals surface area contributed by atoms with Crippen LogP contribution in [0.4, 0.5) is 0 Å². The van der Waals surface area contributed by atoms with Gasteiger partial charge in [-0.2, -0.15) is 11.3 Å². The second-order valence-corrected chi connectivity index (χ2v) is 5.98. The highest BCUT2D eigenvalue weighted by Gasteiger charge is 2.15. The van der Waals surface area contributed by atoms with Gasteiger partial charge in [-0.05, 0) is 66.9 Å². The third-order valence-corrected chi connectivity index (χ3v) is 4.08. The summed E-state index contributed by atoms with van der Waals surface area (Å²) in [5.74, 6) is 0.932. The standard InChI is InChI=1S/C17H23NOS/c1-5-18-17(16-11-20-10-13(16)4)14-6-8-15(9-7-14)19-12(2)3/h6-12,17-18H,5H2,1-4H3. The highest BCUT2D eigenvalue weighted by atomic mass is 32.1. The summed E-state index contributed by atoms with van der Waals surface area (Å²) in [4.78, 5) is 0. The molecule has 1 atom stereocenters. The van der Waals surface area contributed by atoms with Gasteiger partial charge in [0.25, 0.3) is 0 Å². The van der Waals surface area contributed by atoms with Crippen LogP contribution in [0.3, 0.4) is 0 Å². The van der Waals surface area contributed by atoms with Gasteiger partial charge in [-0.15, -0.1) is 0 Å².